The molecule has 1 fully saturated rings. The number of hydrogen-bond acceptors (Lipinski definition) is 4. The molecular formula is C19H30N2O2. The highest BCUT2D eigenvalue weighted by Gasteiger charge is 2.49. The number of nitrogens with one attached hydrogen (secondary N) is 1. The van der Waals surface area contributed by atoms with Crippen LogP contribution in [-0.4, -0.2) is 41.6 Å². The maximum Gasteiger partial charge on any atom is 0.139 e. The van der Waals surface area contributed by atoms with Gasteiger partial charge in [0.15, 0.2) is 0 Å². The SMILES string of the molecule is CC1(C)NC(C)(C)N(CCCCOCc2ccccc2)C1C=O. The maximum atomic E-state index is 11.5. The first-order valence-electron chi connectivity index (χ1n) is 8.50. The minimum absolute atomic E-state index is 0.0808. The molecule has 1 aromatic carbocycles. The third kappa shape index (κ3) is 4.63. The van der Waals surface area contributed by atoms with Crippen molar-refractivity contribution in [2.24, 2.45) is 0 Å². The van der Waals surface area contributed by atoms with E-state index in [9.17, 15) is 4.79 Å². The van der Waals surface area contributed by atoms with Crippen LogP contribution in [0.25, 0.3) is 0 Å². The Kier molecular flexibility index (Phi) is 5.95. The van der Waals surface area contributed by atoms with Gasteiger partial charge in [-0.05, 0) is 46.1 Å². The van der Waals surface area contributed by atoms with Crippen LogP contribution < -0.4 is 5.32 Å². The average molecular weight is 318 g/mol. The summed E-state index contributed by atoms with van der Waals surface area (Å²) in [6.45, 7) is 10.8. The highest BCUT2D eigenvalue weighted by atomic mass is 16.5. The van der Waals surface area contributed by atoms with Crippen LogP contribution in [0.1, 0.15) is 46.1 Å². The Bertz CT molecular complexity index is 499. The first-order valence-corrected chi connectivity index (χ1v) is 8.50. The van der Waals surface area contributed by atoms with Crippen LogP contribution in [-0.2, 0) is 16.1 Å². The monoisotopic (exact) mass is 318 g/mol. The molecule has 0 aliphatic carbocycles. The molecule has 0 amide bonds. The molecule has 1 atom stereocenters. The molecule has 128 valence electrons. The molecule has 0 radical (unpaired) electrons. The number of nitrogens with zero attached hydrogens (tertiary/aromatic N) is 1. The molecule has 0 spiro atoms. The lowest BCUT2D eigenvalue weighted by Gasteiger charge is -2.33. The molecular weight excluding hydrogens is 288 g/mol. The van der Waals surface area contributed by atoms with Gasteiger partial charge >= 0.3 is 0 Å². The molecule has 1 heterocycles. The minimum atomic E-state index is -0.185. The van der Waals surface area contributed by atoms with Gasteiger partial charge in [-0.15, -0.1) is 0 Å². The van der Waals surface area contributed by atoms with Crippen molar-refractivity contribution >= 4 is 6.29 Å². The Morgan fingerprint density at radius 3 is 2.52 bits per heavy atom. The predicted octanol–water partition coefficient (Wildman–Crippen LogP) is 2.97. The van der Waals surface area contributed by atoms with E-state index in [1.807, 2.05) is 18.2 Å². The van der Waals surface area contributed by atoms with Gasteiger partial charge in [-0.1, -0.05) is 30.3 Å². The zero-order valence-electron chi connectivity index (χ0n) is 14.8. The number of carbonyl (C=O) groups excluding carboxylic acids is 1. The van der Waals surface area contributed by atoms with E-state index in [4.69, 9.17) is 4.74 Å². The smallest absolute Gasteiger partial charge is 0.139 e. The molecule has 4 heteroatoms. The number of aldehydes is 1. The molecule has 0 aromatic heterocycles. The number of ether oxygens (including phenoxy) is 1. The van der Waals surface area contributed by atoms with Gasteiger partial charge in [-0.3, -0.25) is 10.2 Å². The highest BCUT2D eigenvalue weighted by molar-refractivity contribution is 5.61. The van der Waals surface area contributed by atoms with E-state index in [0.717, 1.165) is 32.3 Å². The zero-order chi connectivity index (χ0) is 16.9. The maximum absolute atomic E-state index is 11.5. The van der Waals surface area contributed by atoms with E-state index < -0.39 is 0 Å². The van der Waals surface area contributed by atoms with Crippen molar-refractivity contribution in [3.05, 3.63) is 35.9 Å². The molecule has 1 aliphatic rings. The number of carbonyl (C=O) groups is 1. The summed E-state index contributed by atoms with van der Waals surface area (Å²) in [4.78, 5) is 13.8. The van der Waals surface area contributed by atoms with Gasteiger partial charge < -0.3 is 9.53 Å². The molecule has 1 N–H and O–H groups in total. The van der Waals surface area contributed by atoms with Gasteiger partial charge in [-0.2, -0.15) is 0 Å². The van der Waals surface area contributed by atoms with Crippen LogP contribution in [0.4, 0.5) is 0 Å². The van der Waals surface area contributed by atoms with Crippen LogP contribution >= 0.6 is 0 Å². The van der Waals surface area contributed by atoms with E-state index in [-0.39, 0.29) is 17.2 Å². The minimum Gasteiger partial charge on any atom is -0.377 e. The lowest BCUT2D eigenvalue weighted by atomic mass is 9.97. The quantitative estimate of drug-likeness (QED) is 0.591. The second-order valence-electron chi connectivity index (χ2n) is 7.43. The van der Waals surface area contributed by atoms with Crippen molar-refractivity contribution in [1.29, 1.82) is 0 Å². The standard InChI is InChI=1S/C19H30N2O2/c1-18(2)17(14-22)21(19(3,4)20-18)12-8-9-13-23-15-16-10-6-5-7-11-16/h5-7,10-11,14,17,20H,8-9,12-13,15H2,1-4H3. The van der Waals surface area contributed by atoms with E-state index in [0.29, 0.717) is 6.61 Å². The lowest BCUT2D eigenvalue weighted by Crippen LogP contribution is -2.48. The van der Waals surface area contributed by atoms with Gasteiger partial charge in [0.25, 0.3) is 0 Å². The van der Waals surface area contributed by atoms with Crippen molar-refractivity contribution in [2.45, 2.75) is 64.4 Å². The summed E-state index contributed by atoms with van der Waals surface area (Å²) in [5, 5.41) is 3.56. The van der Waals surface area contributed by atoms with Gasteiger partial charge in [-0.25, -0.2) is 0 Å². The molecule has 1 aromatic rings. The zero-order valence-corrected chi connectivity index (χ0v) is 14.8. The third-order valence-electron chi connectivity index (χ3n) is 4.60. The summed E-state index contributed by atoms with van der Waals surface area (Å²) < 4.78 is 5.73. The Hall–Kier alpha value is -1.23. The fraction of sp³-hybridized carbons (Fsp3) is 0.632. The normalized spacial score (nSPS) is 23.0. The van der Waals surface area contributed by atoms with Crippen molar-refractivity contribution in [3.63, 3.8) is 0 Å². The molecule has 0 bridgehead atoms. The van der Waals surface area contributed by atoms with Crippen LogP contribution in [0.15, 0.2) is 30.3 Å². The Balaban J connectivity index is 1.72. The fourth-order valence-corrected chi connectivity index (χ4v) is 3.58. The number of benzene rings is 1. The van der Waals surface area contributed by atoms with Crippen molar-refractivity contribution < 1.29 is 9.53 Å². The molecule has 1 saturated heterocycles. The third-order valence-corrected chi connectivity index (χ3v) is 4.60. The van der Waals surface area contributed by atoms with E-state index in [2.05, 4.69) is 50.0 Å². The first-order chi connectivity index (χ1) is 10.9. The number of rotatable bonds is 8. The molecule has 2 rings (SSSR count). The van der Waals surface area contributed by atoms with Crippen LogP contribution in [0.5, 0.6) is 0 Å². The van der Waals surface area contributed by atoms with Crippen LogP contribution in [0.2, 0.25) is 0 Å². The van der Waals surface area contributed by atoms with Crippen molar-refractivity contribution in [3.8, 4) is 0 Å². The van der Waals surface area contributed by atoms with Crippen molar-refractivity contribution in [1.82, 2.24) is 10.2 Å². The first kappa shape index (κ1) is 18.1. The topological polar surface area (TPSA) is 41.6 Å². The molecule has 4 nitrogen and oxygen atoms in total. The van der Waals surface area contributed by atoms with Crippen LogP contribution in [0, 0.1) is 0 Å². The Labute approximate surface area is 140 Å². The summed E-state index contributed by atoms with van der Waals surface area (Å²) in [6.07, 6.45) is 3.11. The summed E-state index contributed by atoms with van der Waals surface area (Å²) in [7, 11) is 0. The van der Waals surface area contributed by atoms with Crippen LogP contribution in [0.3, 0.4) is 0 Å². The van der Waals surface area contributed by atoms with Gasteiger partial charge in [0.05, 0.1) is 18.3 Å². The number of unbranched alkanes of at least 4 members (excludes halogenated alkanes) is 1. The summed E-state index contributed by atoms with van der Waals surface area (Å²) in [6, 6.07) is 10.2. The number of hydrogen-bond donors (Lipinski definition) is 1. The molecule has 1 unspecified atom stereocenters. The Morgan fingerprint density at radius 2 is 1.87 bits per heavy atom. The summed E-state index contributed by atoms with van der Waals surface area (Å²) in [5.74, 6) is 0. The second-order valence-corrected chi connectivity index (χ2v) is 7.43. The van der Waals surface area contributed by atoms with E-state index in [1.54, 1.807) is 0 Å². The summed E-state index contributed by atoms with van der Waals surface area (Å²) >= 11 is 0. The second kappa shape index (κ2) is 7.56. The fourth-order valence-electron chi connectivity index (χ4n) is 3.58. The van der Waals surface area contributed by atoms with Gasteiger partial charge in [0.2, 0.25) is 0 Å². The van der Waals surface area contributed by atoms with Gasteiger partial charge in [0, 0.05) is 18.7 Å². The average Bonchev–Trinajstić information content (AvgIpc) is 2.67. The van der Waals surface area contributed by atoms with E-state index in [1.165, 1.54) is 5.56 Å². The van der Waals surface area contributed by atoms with Gasteiger partial charge in [0.1, 0.15) is 6.29 Å². The molecule has 1 aliphatic heterocycles. The summed E-state index contributed by atoms with van der Waals surface area (Å²) in [5.41, 5.74) is 0.870. The molecule has 0 saturated carbocycles. The largest absolute Gasteiger partial charge is 0.377 e. The van der Waals surface area contributed by atoms with E-state index >= 15 is 0 Å². The predicted molar refractivity (Wildman–Crippen MR) is 93.2 cm³/mol. The van der Waals surface area contributed by atoms with Crippen molar-refractivity contribution in [2.75, 3.05) is 13.2 Å². The Morgan fingerprint density at radius 1 is 1.17 bits per heavy atom. The lowest BCUT2D eigenvalue weighted by molar-refractivity contribution is -0.113. The highest BCUT2D eigenvalue weighted by Crippen LogP contribution is 2.31. The molecule has 23 heavy (non-hydrogen) atoms.